The number of aromatic nitrogens is 1. The third-order valence-corrected chi connectivity index (χ3v) is 13.4. The van der Waals surface area contributed by atoms with Crippen molar-refractivity contribution in [2.45, 2.75) is 131 Å². The molecule has 2 unspecified atom stereocenters. The molecule has 5 aliphatic heterocycles. The van der Waals surface area contributed by atoms with Crippen LogP contribution in [0.4, 0.5) is 0 Å². The van der Waals surface area contributed by atoms with E-state index in [0.717, 1.165) is 72.3 Å². The van der Waals surface area contributed by atoms with Crippen molar-refractivity contribution < 1.29 is 28.5 Å². The van der Waals surface area contributed by atoms with Crippen molar-refractivity contribution in [3.63, 3.8) is 0 Å². The molecule has 0 spiro atoms. The summed E-state index contributed by atoms with van der Waals surface area (Å²) in [6.07, 6.45) is 8.44. The Morgan fingerprint density at radius 1 is 0.881 bits per heavy atom. The Morgan fingerprint density at radius 2 is 1.56 bits per heavy atom. The molecule has 10 heteroatoms. The minimum absolute atomic E-state index is 0.00259. The number of nitrogens with zero attached hydrogens (tertiary/aromatic N) is 4. The van der Waals surface area contributed by atoms with Gasteiger partial charge >= 0.3 is 5.97 Å². The predicted molar refractivity (Wildman–Crippen MR) is 234 cm³/mol. The van der Waals surface area contributed by atoms with E-state index in [1.807, 2.05) is 42.6 Å². The van der Waals surface area contributed by atoms with Gasteiger partial charge in [0.15, 0.2) is 11.8 Å². The molecule has 2 bridgehead atoms. The summed E-state index contributed by atoms with van der Waals surface area (Å²) in [5.41, 5.74) is 2.41. The largest absolute Gasteiger partial charge is 0.497 e. The number of piperidine rings is 3. The Hall–Kier alpha value is -4.18. The topological polar surface area (TPSA) is 104 Å². The van der Waals surface area contributed by atoms with E-state index in [1.54, 1.807) is 7.11 Å². The zero-order chi connectivity index (χ0) is 42.0. The molecule has 3 saturated heterocycles. The first-order chi connectivity index (χ1) is 28.2. The fourth-order valence-corrected chi connectivity index (χ4v) is 9.36. The van der Waals surface area contributed by atoms with Crippen molar-refractivity contribution in [1.29, 1.82) is 0 Å². The lowest BCUT2D eigenvalue weighted by Gasteiger charge is -2.51. The zero-order valence-corrected chi connectivity index (χ0v) is 37.1. The van der Waals surface area contributed by atoms with Crippen LogP contribution in [-0.2, 0) is 25.4 Å². The predicted octanol–water partition coefficient (Wildman–Crippen LogP) is 9.82. The third kappa shape index (κ3) is 9.74. The summed E-state index contributed by atoms with van der Waals surface area (Å²) < 4.78 is 30.9. The summed E-state index contributed by atoms with van der Waals surface area (Å²) in [4.78, 5) is 31.0. The number of fused-ring (bicyclic) bond motifs is 4. The smallest absolute Gasteiger partial charge is 0.306 e. The van der Waals surface area contributed by atoms with E-state index in [9.17, 15) is 4.79 Å². The second kappa shape index (κ2) is 17.8. The zero-order valence-electron chi connectivity index (χ0n) is 37.1. The van der Waals surface area contributed by atoms with Crippen molar-refractivity contribution in [3.8, 4) is 11.5 Å². The van der Waals surface area contributed by atoms with Crippen molar-refractivity contribution in [2.24, 2.45) is 38.1 Å². The van der Waals surface area contributed by atoms with Gasteiger partial charge in [0.2, 0.25) is 0 Å². The van der Waals surface area contributed by atoms with Crippen LogP contribution in [-0.4, -0.2) is 85.8 Å². The van der Waals surface area contributed by atoms with Gasteiger partial charge in [-0.15, -0.1) is 0 Å². The van der Waals surface area contributed by atoms with Gasteiger partial charge in [-0.05, 0) is 117 Å². The highest BCUT2D eigenvalue weighted by Gasteiger charge is 2.48. The van der Waals surface area contributed by atoms with Crippen molar-refractivity contribution >= 4 is 28.7 Å². The number of aliphatic imine (C=N–C) groups is 2. The molecule has 3 aromatic rings. The second-order valence-corrected chi connectivity index (χ2v) is 19.8. The first-order valence-corrected chi connectivity index (χ1v) is 22.2. The number of esters is 1. The van der Waals surface area contributed by atoms with Gasteiger partial charge in [-0.3, -0.25) is 14.7 Å². The van der Waals surface area contributed by atoms with Crippen LogP contribution in [0.2, 0.25) is 0 Å². The minimum atomic E-state index is -0.616. The lowest BCUT2D eigenvalue weighted by Crippen LogP contribution is -2.55. The van der Waals surface area contributed by atoms with Gasteiger partial charge in [0, 0.05) is 30.1 Å². The van der Waals surface area contributed by atoms with E-state index < -0.39 is 5.41 Å². The molecule has 7 atom stereocenters. The van der Waals surface area contributed by atoms with Gasteiger partial charge in [-0.25, -0.2) is 9.98 Å². The number of benzene rings is 2. The van der Waals surface area contributed by atoms with E-state index in [2.05, 4.69) is 77.4 Å². The van der Waals surface area contributed by atoms with Gasteiger partial charge in [0.25, 0.3) is 0 Å². The van der Waals surface area contributed by atoms with E-state index in [0.29, 0.717) is 56.3 Å². The Morgan fingerprint density at radius 3 is 2.15 bits per heavy atom. The van der Waals surface area contributed by atoms with Crippen LogP contribution < -0.4 is 9.47 Å². The quantitative estimate of drug-likeness (QED) is 0.104. The maximum atomic E-state index is 13.6. The number of hydrogen-bond donors (Lipinski definition) is 0. The van der Waals surface area contributed by atoms with Gasteiger partial charge in [0.05, 0.1) is 37.4 Å². The highest BCUT2D eigenvalue weighted by Crippen LogP contribution is 2.45. The molecule has 320 valence electrons. The summed E-state index contributed by atoms with van der Waals surface area (Å²) in [5, 5.41) is 0.983. The highest BCUT2D eigenvalue weighted by atomic mass is 16.5. The minimum Gasteiger partial charge on any atom is -0.497 e. The lowest BCUT2D eigenvalue weighted by molar-refractivity contribution is -0.158. The Kier molecular flexibility index (Phi) is 13.0. The molecule has 0 saturated carbocycles. The number of rotatable bonds is 16. The summed E-state index contributed by atoms with van der Waals surface area (Å²) in [7, 11) is 1.68. The first-order valence-electron chi connectivity index (χ1n) is 22.2. The van der Waals surface area contributed by atoms with Gasteiger partial charge < -0.3 is 23.7 Å². The standard InChI is InChI=1S/C49H68N4O6/c1-10-33-29-53-24-22-34(33)26-40(53)44(37-21-23-50-39-20-19-36(55-9)27-38(37)39)59-43(54)14-12-11-13-25-56-35-17-15-32(16-18-35)28-49(8,45-51-41(30-57-45)47(2,3)4)46-52-42(31-58-46)48(5,6)7/h15-21,23,27,33-34,40-42,44H,10-14,22,24-26,28-31H2,1-9H3/t33-,34-,40+,41+,42+,44?/m0/s1. The fourth-order valence-electron chi connectivity index (χ4n) is 9.36. The molecular formula is C49H68N4O6. The molecule has 0 aliphatic carbocycles. The van der Waals surface area contributed by atoms with Gasteiger partial charge in [0.1, 0.15) is 36.2 Å². The number of carbonyl (C=O) groups is 1. The number of unbranched alkanes of at least 4 members (excludes halogenated alkanes) is 2. The number of hydrogen-bond acceptors (Lipinski definition) is 10. The molecule has 0 N–H and O–H groups in total. The van der Waals surface area contributed by atoms with Crippen LogP contribution in [0, 0.1) is 28.1 Å². The summed E-state index contributed by atoms with van der Waals surface area (Å²) in [6, 6.07) is 16.6. The van der Waals surface area contributed by atoms with Crippen LogP contribution >= 0.6 is 0 Å². The van der Waals surface area contributed by atoms with E-state index in [-0.39, 0.29) is 41.0 Å². The molecule has 3 fully saturated rings. The molecule has 1 aromatic heterocycles. The average Bonchev–Trinajstić information content (AvgIpc) is 3.95. The monoisotopic (exact) mass is 809 g/mol. The molecule has 8 rings (SSSR count). The number of carbonyl (C=O) groups excluding carboxylic acids is 1. The van der Waals surface area contributed by atoms with Crippen LogP contribution in [0.15, 0.2) is 64.7 Å². The Balaban J connectivity index is 0.935. The van der Waals surface area contributed by atoms with E-state index >= 15 is 0 Å². The van der Waals surface area contributed by atoms with Crippen LogP contribution in [0.25, 0.3) is 10.9 Å². The summed E-state index contributed by atoms with van der Waals surface area (Å²) in [5.74, 6) is 4.25. The molecule has 6 heterocycles. The van der Waals surface area contributed by atoms with Crippen LogP contribution in [0.3, 0.4) is 0 Å². The van der Waals surface area contributed by atoms with Crippen molar-refractivity contribution in [3.05, 3.63) is 65.9 Å². The Bertz CT molecular complexity index is 1940. The third-order valence-electron chi connectivity index (χ3n) is 13.4. The second-order valence-electron chi connectivity index (χ2n) is 19.8. The van der Waals surface area contributed by atoms with Crippen molar-refractivity contribution in [2.75, 3.05) is 40.0 Å². The van der Waals surface area contributed by atoms with Crippen molar-refractivity contribution in [1.82, 2.24) is 9.88 Å². The number of pyridine rings is 1. The molecule has 5 aliphatic rings. The Labute approximate surface area is 352 Å². The SMILES string of the molecule is CC[C@H]1CN2CC[C@H]1C[C@@H]2C(OC(=O)CCCCCOc1ccc(CC(C)(C2=N[C@@H](C(C)(C)C)CO2)C2=N[C@@H](C(C)(C)C)CO2)cc1)c1ccnc2ccc(OC)cc12. The van der Waals surface area contributed by atoms with Crippen LogP contribution in [0.1, 0.15) is 118 Å². The molecule has 0 radical (unpaired) electrons. The fraction of sp³-hybridized carbons (Fsp3) is 0.633. The lowest BCUT2D eigenvalue weighted by atomic mass is 9.72. The van der Waals surface area contributed by atoms with Gasteiger partial charge in [-0.2, -0.15) is 0 Å². The first kappa shape index (κ1) is 42.9. The van der Waals surface area contributed by atoms with E-state index in [4.69, 9.17) is 33.7 Å². The van der Waals surface area contributed by atoms with Crippen LogP contribution in [0.5, 0.6) is 11.5 Å². The maximum Gasteiger partial charge on any atom is 0.306 e. The van der Waals surface area contributed by atoms with E-state index in [1.165, 1.54) is 12.8 Å². The molecule has 2 aromatic carbocycles. The molecule has 0 amide bonds. The highest BCUT2D eigenvalue weighted by molar-refractivity contribution is 6.06. The summed E-state index contributed by atoms with van der Waals surface area (Å²) >= 11 is 0. The van der Waals surface area contributed by atoms with Gasteiger partial charge in [-0.1, -0.05) is 67.0 Å². The average molecular weight is 809 g/mol. The molecule has 10 nitrogen and oxygen atoms in total. The summed E-state index contributed by atoms with van der Waals surface area (Å²) in [6.45, 7) is 21.5. The normalized spacial score (nSPS) is 24.9. The number of methoxy groups -OCH3 is 1. The number of ether oxygens (including phenoxy) is 5. The molecular weight excluding hydrogens is 741 g/mol. The maximum absolute atomic E-state index is 13.6. The molecule has 59 heavy (non-hydrogen) atoms.